The molecule has 0 saturated heterocycles. The molecule has 0 aliphatic heterocycles. The molecule has 0 radical (unpaired) electrons. The number of nitrogens with two attached hydrogens (primary N) is 1. The molecule has 0 unspecified atom stereocenters. The van der Waals surface area contributed by atoms with Crippen LogP contribution in [-0.4, -0.2) is 16.4 Å². The Morgan fingerprint density at radius 1 is 1.47 bits per heavy atom. The summed E-state index contributed by atoms with van der Waals surface area (Å²) in [5.74, 6) is 2.59. The number of halogens is 2. The summed E-state index contributed by atoms with van der Waals surface area (Å²) < 4.78 is 0. The van der Waals surface area contributed by atoms with Gasteiger partial charge in [-0.05, 0) is 27.3 Å². The lowest BCUT2D eigenvalue weighted by molar-refractivity contribution is -0.383. The lowest BCUT2D eigenvalue weighted by atomic mass is 10.2. The lowest BCUT2D eigenvalue weighted by Crippen LogP contribution is -2.00. The molecular weight excluding hydrogens is 395 g/mol. The molecule has 17 heavy (non-hydrogen) atoms. The number of nitro groups is 1. The van der Waals surface area contributed by atoms with Gasteiger partial charge >= 0.3 is 0 Å². The van der Waals surface area contributed by atoms with Crippen molar-refractivity contribution in [2.75, 3.05) is 17.2 Å². The lowest BCUT2D eigenvalue weighted by Gasteiger charge is -2.07. The quantitative estimate of drug-likeness (QED) is 0.254. The first-order valence-corrected chi connectivity index (χ1v) is 9.66. The first-order chi connectivity index (χ1) is 8.07. The Hall–Kier alpha value is 0.140. The number of anilines is 1. The second-order valence-corrected chi connectivity index (χ2v) is 7.09. The van der Waals surface area contributed by atoms with Gasteiger partial charge in [-0.1, -0.05) is 20.5 Å². The second-order valence-electron chi connectivity index (χ2n) is 3.08. The fourth-order valence-corrected chi connectivity index (χ4v) is 4.51. The monoisotopic (exact) mass is 404 g/mol. The maximum Gasteiger partial charge on any atom is 0.292 e. The zero-order chi connectivity index (χ0) is 12.8. The molecule has 1 rings (SSSR count). The molecule has 1 aromatic rings. The van der Waals surface area contributed by atoms with Gasteiger partial charge in [0, 0.05) is 33.9 Å². The normalized spacial score (nSPS) is 10.5. The minimum atomic E-state index is -0.486. The third-order valence-electron chi connectivity index (χ3n) is 2.02. The van der Waals surface area contributed by atoms with Crippen molar-refractivity contribution in [3.8, 4) is 0 Å². The molecule has 0 aliphatic carbocycles. The Kier molecular flexibility index (Phi) is 6.75. The fourth-order valence-electron chi connectivity index (χ4n) is 1.20. The summed E-state index contributed by atoms with van der Waals surface area (Å²) in [5.41, 5.74) is 6.51. The predicted octanol–water partition coefficient (Wildman–Crippen LogP) is 4.15. The van der Waals surface area contributed by atoms with E-state index >= 15 is 0 Å². The van der Waals surface area contributed by atoms with E-state index in [2.05, 4.69) is 21.2 Å². The number of benzene rings is 1. The molecule has 0 aromatic heterocycles. The maximum atomic E-state index is 10.7. The van der Waals surface area contributed by atoms with Crippen LogP contribution in [0.25, 0.3) is 0 Å². The molecule has 0 spiro atoms. The van der Waals surface area contributed by atoms with Crippen LogP contribution in [0.2, 0.25) is 5.02 Å². The summed E-state index contributed by atoms with van der Waals surface area (Å²) >= 11 is 9.90. The highest BCUT2D eigenvalue weighted by Gasteiger charge is 2.17. The third kappa shape index (κ3) is 4.38. The van der Waals surface area contributed by atoms with Crippen molar-refractivity contribution in [1.29, 1.82) is 0 Å². The zero-order valence-corrected chi connectivity index (χ0v) is 13.2. The summed E-state index contributed by atoms with van der Waals surface area (Å²) in [6.07, 6.45) is 0. The van der Waals surface area contributed by atoms with Gasteiger partial charge in [0.15, 0.2) is 0 Å². The van der Waals surface area contributed by atoms with Gasteiger partial charge in [0.05, 0.1) is 4.92 Å². The van der Waals surface area contributed by atoms with Crippen LogP contribution < -0.4 is 5.73 Å². The second kappa shape index (κ2) is 7.55. The van der Waals surface area contributed by atoms with Gasteiger partial charge < -0.3 is 5.73 Å². The topological polar surface area (TPSA) is 69.2 Å². The average molecular weight is 405 g/mol. The number of thioether (sulfide) groups is 1. The van der Waals surface area contributed by atoms with Crippen molar-refractivity contribution in [3.05, 3.63) is 32.8 Å². The van der Waals surface area contributed by atoms with Crippen LogP contribution in [0.4, 0.5) is 11.4 Å². The SMILES string of the molecule is Nc1c([N+](=O)[O-])ccc(Cl)c1CSCCSI. The summed E-state index contributed by atoms with van der Waals surface area (Å²) in [6, 6.07) is 2.87. The molecule has 8 heteroatoms. The third-order valence-corrected chi connectivity index (χ3v) is 5.30. The van der Waals surface area contributed by atoms with Gasteiger partial charge in [-0.3, -0.25) is 10.1 Å². The van der Waals surface area contributed by atoms with Crippen molar-refractivity contribution >= 4 is 64.9 Å². The van der Waals surface area contributed by atoms with Crippen molar-refractivity contribution in [1.82, 2.24) is 0 Å². The fraction of sp³-hybridized carbons (Fsp3) is 0.333. The number of hydrogen-bond acceptors (Lipinski definition) is 5. The van der Waals surface area contributed by atoms with Gasteiger partial charge in [0.1, 0.15) is 5.69 Å². The summed E-state index contributed by atoms with van der Waals surface area (Å²) in [7, 11) is 1.73. The van der Waals surface area contributed by atoms with Crippen LogP contribution in [0.15, 0.2) is 12.1 Å². The van der Waals surface area contributed by atoms with E-state index in [9.17, 15) is 10.1 Å². The Balaban J connectivity index is 2.82. The van der Waals surface area contributed by atoms with E-state index in [0.717, 1.165) is 11.5 Å². The zero-order valence-electron chi connectivity index (χ0n) is 8.69. The Morgan fingerprint density at radius 2 is 2.18 bits per heavy atom. The Morgan fingerprint density at radius 3 is 2.76 bits per heavy atom. The summed E-state index contributed by atoms with van der Waals surface area (Å²) in [5, 5.41) is 11.2. The molecule has 0 fully saturated rings. The molecule has 1 aromatic carbocycles. The van der Waals surface area contributed by atoms with E-state index in [1.54, 1.807) is 20.7 Å². The van der Waals surface area contributed by atoms with E-state index < -0.39 is 4.92 Å². The summed E-state index contributed by atoms with van der Waals surface area (Å²) in [6.45, 7) is 0. The van der Waals surface area contributed by atoms with E-state index in [1.165, 1.54) is 12.1 Å². The number of nitro benzene ring substituents is 1. The highest BCUT2D eigenvalue weighted by molar-refractivity contribution is 14.2. The minimum absolute atomic E-state index is 0.0757. The number of nitrogens with zero attached hydrogens (tertiary/aromatic N) is 1. The van der Waals surface area contributed by atoms with E-state index in [-0.39, 0.29) is 11.4 Å². The molecule has 4 nitrogen and oxygen atoms in total. The minimum Gasteiger partial charge on any atom is -0.393 e. The van der Waals surface area contributed by atoms with E-state index in [0.29, 0.717) is 16.3 Å². The van der Waals surface area contributed by atoms with Gasteiger partial charge in [0.2, 0.25) is 0 Å². The molecule has 0 bridgehead atoms. The first-order valence-electron chi connectivity index (χ1n) is 4.60. The van der Waals surface area contributed by atoms with Crippen molar-refractivity contribution in [2.45, 2.75) is 5.75 Å². The van der Waals surface area contributed by atoms with E-state index in [1.807, 2.05) is 0 Å². The smallest absolute Gasteiger partial charge is 0.292 e. The standard InChI is InChI=1S/C9H10ClIN2O2S2/c10-7-1-2-8(13(14)15)9(12)6(7)5-16-3-4-17-11/h1-2H,3-5,12H2. The molecule has 0 amide bonds. The van der Waals surface area contributed by atoms with Crippen molar-refractivity contribution in [2.24, 2.45) is 0 Å². The van der Waals surface area contributed by atoms with Crippen LogP contribution in [0.5, 0.6) is 0 Å². The van der Waals surface area contributed by atoms with Gasteiger partial charge in [-0.25, -0.2) is 0 Å². The maximum absolute atomic E-state index is 10.7. The average Bonchev–Trinajstić information content (AvgIpc) is 2.27. The molecule has 0 aliphatic rings. The number of rotatable bonds is 6. The van der Waals surface area contributed by atoms with Crippen molar-refractivity contribution in [3.63, 3.8) is 0 Å². The first kappa shape index (κ1) is 15.2. The molecular formula is C9H10ClIN2O2S2. The highest BCUT2D eigenvalue weighted by Crippen LogP contribution is 2.33. The summed E-state index contributed by atoms with van der Waals surface area (Å²) in [4.78, 5) is 10.2. The van der Waals surface area contributed by atoms with Crippen LogP contribution in [0.1, 0.15) is 5.56 Å². The predicted molar refractivity (Wildman–Crippen MR) is 85.2 cm³/mol. The largest absolute Gasteiger partial charge is 0.393 e. The van der Waals surface area contributed by atoms with Crippen LogP contribution in [0, 0.1) is 10.1 Å². The molecule has 0 saturated carbocycles. The van der Waals surface area contributed by atoms with Crippen molar-refractivity contribution < 1.29 is 4.92 Å². The number of hydrogen-bond donors (Lipinski definition) is 1. The van der Waals surface area contributed by atoms with Crippen LogP contribution in [0.3, 0.4) is 0 Å². The number of nitrogen functional groups attached to an aromatic ring is 1. The van der Waals surface area contributed by atoms with E-state index in [4.69, 9.17) is 17.3 Å². The Bertz CT molecular complexity index is 420. The van der Waals surface area contributed by atoms with Crippen LogP contribution >= 0.6 is 53.5 Å². The molecule has 2 N–H and O–H groups in total. The molecule has 0 atom stereocenters. The van der Waals surface area contributed by atoms with Gasteiger partial charge in [-0.2, -0.15) is 11.8 Å². The van der Waals surface area contributed by atoms with Gasteiger partial charge in [0.25, 0.3) is 5.69 Å². The molecule has 94 valence electrons. The van der Waals surface area contributed by atoms with Gasteiger partial charge in [-0.15, -0.1) is 0 Å². The van der Waals surface area contributed by atoms with Crippen LogP contribution in [-0.2, 0) is 5.75 Å². The highest BCUT2D eigenvalue weighted by atomic mass is 127. The molecule has 0 heterocycles. The Labute approximate surface area is 125 Å².